The van der Waals surface area contributed by atoms with Crippen molar-refractivity contribution in [3.05, 3.63) is 59.7 Å². The number of halogens is 2. The Morgan fingerprint density at radius 1 is 0.960 bits per heavy atom. The number of hydrogen-bond donors (Lipinski definition) is 0. The Balaban J connectivity index is 0.00000104. The van der Waals surface area contributed by atoms with Gasteiger partial charge in [0.1, 0.15) is 0 Å². The molecule has 2 aliphatic rings. The number of nitrogens with zero attached hydrogens (tertiary/aromatic N) is 1. The number of benzene rings is 2. The summed E-state index contributed by atoms with van der Waals surface area (Å²) in [6, 6.07) is 18.0. The zero-order chi connectivity index (χ0) is 14.9. The SMILES string of the molecule is CN1CCCC(CC2c3ccccc3Sc3ccccc32)C1.Cl.Cl.O. The van der Waals surface area contributed by atoms with Gasteiger partial charge in [0.25, 0.3) is 0 Å². The molecule has 0 radical (unpaired) electrons. The largest absolute Gasteiger partial charge is 0.412 e. The van der Waals surface area contributed by atoms with Gasteiger partial charge in [0, 0.05) is 22.3 Å². The molecule has 1 saturated heterocycles. The molecule has 2 N–H and O–H groups in total. The minimum absolute atomic E-state index is 0. The van der Waals surface area contributed by atoms with Gasteiger partial charge in [-0.05, 0) is 62.0 Å². The van der Waals surface area contributed by atoms with Crippen LogP contribution in [0.3, 0.4) is 0 Å². The third kappa shape index (κ3) is 4.72. The number of rotatable bonds is 2. The fraction of sp³-hybridized carbons (Fsp3) is 0.400. The fourth-order valence-corrected chi connectivity index (χ4v) is 5.25. The number of piperidine rings is 1. The lowest BCUT2D eigenvalue weighted by molar-refractivity contribution is 0.197. The second-order valence-electron chi connectivity index (χ2n) is 6.74. The van der Waals surface area contributed by atoms with Crippen LogP contribution in [0, 0.1) is 5.92 Å². The average molecular weight is 400 g/mol. The van der Waals surface area contributed by atoms with Crippen LogP contribution in [-0.4, -0.2) is 30.5 Å². The van der Waals surface area contributed by atoms with Gasteiger partial charge in [-0.25, -0.2) is 0 Å². The maximum atomic E-state index is 2.50. The van der Waals surface area contributed by atoms with Gasteiger partial charge < -0.3 is 10.4 Å². The number of likely N-dealkylation sites (tertiary alicyclic amines) is 1. The van der Waals surface area contributed by atoms with Crippen molar-refractivity contribution in [1.29, 1.82) is 0 Å². The Kier molecular flexibility index (Phi) is 8.79. The van der Waals surface area contributed by atoms with Gasteiger partial charge >= 0.3 is 0 Å². The Morgan fingerprint density at radius 3 is 2.08 bits per heavy atom. The summed E-state index contributed by atoms with van der Waals surface area (Å²) in [7, 11) is 2.27. The topological polar surface area (TPSA) is 34.7 Å². The molecule has 138 valence electrons. The van der Waals surface area contributed by atoms with Crippen LogP contribution in [0.1, 0.15) is 36.3 Å². The Bertz CT molecular complexity index is 637. The molecule has 5 heteroatoms. The van der Waals surface area contributed by atoms with Crippen LogP contribution in [0.5, 0.6) is 0 Å². The summed E-state index contributed by atoms with van der Waals surface area (Å²) in [5.74, 6) is 1.40. The van der Waals surface area contributed by atoms with Gasteiger partial charge in [0.05, 0.1) is 0 Å². The maximum Gasteiger partial charge on any atom is 0.0160 e. The van der Waals surface area contributed by atoms with Crippen LogP contribution in [0.2, 0.25) is 0 Å². The summed E-state index contributed by atoms with van der Waals surface area (Å²) in [5, 5.41) is 0. The lowest BCUT2D eigenvalue weighted by atomic mass is 9.80. The van der Waals surface area contributed by atoms with Crippen LogP contribution < -0.4 is 0 Å². The van der Waals surface area contributed by atoms with E-state index in [1.54, 1.807) is 11.1 Å². The third-order valence-electron chi connectivity index (χ3n) is 5.10. The van der Waals surface area contributed by atoms with E-state index in [1.807, 2.05) is 11.8 Å². The predicted octanol–water partition coefficient (Wildman–Crippen LogP) is 5.03. The molecular formula is C20H27Cl2NOS. The molecule has 0 spiro atoms. The first-order valence-corrected chi connectivity index (χ1v) is 9.17. The highest BCUT2D eigenvalue weighted by molar-refractivity contribution is 7.99. The van der Waals surface area contributed by atoms with E-state index >= 15 is 0 Å². The van der Waals surface area contributed by atoms with Gasteiger partial charge in [-0.15, -0.1) is 24.8 Å². The number of fused-ring (bicyclic) bond motifs is 2. The zero-order valence-corrected chi connectivity index (χ0v) is 16.9. The van der Waals surface area contributed by atoms with Crippen molar-refractivity contribution in [2.45, 2.75) is 35.0 Å². The van der Waals surface area contributed by atoms with E-state index in [0.717, 1.165) is 5.92 Å². The second-order valence-corrected chi connectivity index (χ2v) is 7.82. The Hall–Kier alpha value is -0.710. The smallest absolute Gasteiger partial charge is 0.0160 e. The van der Waals surface area contributed by atoms with Crippen molar-refractivity contribution in [3.63, 3.8) is 0 Å². The molecule has 0 saturated carbocycles. The highest BCUT2D eigenvalue weighted by Crippen LogP contribution is 2.48. The molecule has 2 aromatic carbocycles. The van der Waals surface area contributed by atoms with E-state index in [-0.39, 0.29) is 30.3 Å². The van der Waals surface area contributed by atoms with Crippen LogP contribution >= 0.6 is 36.6 Å². The minimum atomic E-state index is 0. The van der Waals surface area contributed by atoms with Gasteiger partial charge in [0.15, 0.2) is 0 Å². The molecule has 25 heavy (non-hydrogen) atoms. The lowest BCUT2D eigenvalue weighted by Gasteiger charge is -2.35. The Morgan fingerprint density at radius 2 is 1.52 bits per heavy atom. The summed E-state index contributed by atoms with van der Waals surface area (Å²) >= 11 is 1.94. The maximum absolute atomic E-state index is 2.50. The molecule has 0 amide bonds. The van der Waals surface area contributed by atoms with Crippen molar-refractivity contribution in [1.82, 2.24) is 4.90 Å². The minimum Gasteiger partial charge on any atom is -0.412 e. The normalized spacial score (nSPS) is 19.5. The molecule has 4 rings (SSSR count). The molecule has 1 unspecified atom stereocenters. The van der Waals surface area contributed by atoms with Crippen molar-refractivity contribution >= 4 is 36.6 Å². The van der Waals surface area contributed by atoms with E-state index in [4.69, 9.17) is 0 Å². The van der Waals surface area contributed by atoms with Crippen LogP contribution in [0.15, 0.2) is 58.3 Å². The van der Waals surface area contributed by atoms with E-state index in [1.165, 1.54) is 42.1 Å². The quantitative estimate of drug-likeness (QED) is 0.708. The molecule has 2 aliphatic heterocycles. The molecule has 2 nitrogen and oxygen atoms in total. The first kappa shape index (κ1) is 22.3. The van der Waals surface area contributed by atoms with Crippen LogP contribution in [0.4, 0.5) is 0 Å². The molecular weight excluding hydrogens is 373 g/mol. The number of hydrogen-bond acceptors (Lipinski definition) is 2. The summed E-state index contributed by atoms with van der Waals surface area (Å²) in [6.07, 6.45) is 4.03. The second kappa shape index (κ2) is 9.84. The molecule has 1 atom stereocenters. The molecule has 0 aromatic heterocycles. The van der Waals surface area contributed by atoms with Gasteiger partial charge in [0.2, 0.25) is 0 Å². The molecule has 1 fully saturated rings. The summed E-state index contributed by atoms with van der Waals surface area (Å²) in [4.78, 5) is 5.41. The first-order chi connectivity index (χ1) is 10.8. The molecule has 2 aromatic rings. The van der Waals surface area contributed by atoms with Crippen LogP contribution in [0.25, 0.3) is 0 Å². The van der Waals surface area contributed by atoms with Gasteiger partial charge in [-0.3, -0.25) is 0 Å². The standard InChI is InChI=1S/C20H23NS.2ClH.H2O/c1-21-12-6-7-15(14-21)13-18-16-8-2-4-10-19(16)22-20-11-5-3-9-17(18)20;;;/h2-5,8-11,15,18H,6-7,12-14H2,1H3;2*1H;1H2. The van der Waals surface area contributed by atoms with E-state index in [9.17, 15) is 0 Å². The predicted molar refractivity (Wildman–Crippen MR) is 112 cm³/mol. The third-order valence-corrected chi connectivity index (χ3v) is 6.28. The Labute approximate surface area is 167 Å². The van der Waals surface area contributed by atoms with Crippen molar-refractivity contribution in [3.8, 4) is 0 Å². The summed E-state index contributed by atoms with van der Waals surface area (Å²) in [5.41, 5.74) is 3.08. The molecule has 0 aliphatic carbocycles. The van der Waals surface area contributed by atoms with E-state index < -0.39 is 0 Å². The lowest BCUT2D eigenvalue weighted by Crippen LogP contribution is -2.33. The van der Waals surface area contributed by atoms with E-state index in [0.29, 0.717) is 5.92 Å². The van der Waals surface area contributed by atoms with Gasteiger partial charge in [-0.1, -0.05) is 48.2 Å². The van der Waals surface area contributed by atoms with Gasteiger partial charge in [-0.2, -0.15) is 0 Å². The monoisotopic (exact) mass is 399 g/mol. The van der Waals surface area contributed by atoms with Crippen molar-refractivity contribution < 1.29 is 5.48 Å². The highest BCUT2D eigenvalue weighted by Gasteiger charge is 2.29. The van der Waals surface area contributed by atoms with Crippen molar-refractivity contribution in [2.75, 3.05) is 20.1 Å². The average Bonchev–Trinajstić information content (AvgIpc) is 2.55. The van der Waals surface area contributed by atoms with E-state index in [2.05, 4.69) is 60.5 Å². The zero-order valence-electron chi connectivity index (χ0n) is 14.5. The summed E-state index contributed by atoms with van der Waals surface area (Å²) < 4.78 is 0. The molecule has 2 heterocycles. The molecule has 0 bridgehead atoms. The summed E-state index contributed by atoms with van der Waals surface area (Å²) in [6.45, 7) is 2.53. The first-order valence-electron chi connectivity index (χ1n) is 8.35. The van der Waals surface area contributed by atoms with Crippen LogP contribution in [-0.2, 0) is 0 Å². The highest BCUT2D eigenvalue weighted by atomic mass is 35.5. The van der Waals surface area contributed by atoms with Crippen molar-refractivity contribution in [2.24, 2.45) is 5.92 Å². The fourth-order valence-electron chi connectivity index (χ4n) is 4.06.